The largest absolute Gasteiger partial charge is 0.485 e. The van der Waals surface area contributed by atoms with Gasteiger partial charge in [-0.25, -0.2) is 4.63 Å². The van der Waals surface area contributed by atoms with Crippen molar-refractivity contribution in [1.29, 1.82) is 0 Å². The van der Waals surface area contributed by atoms with E-state index in [1.165, 1.54) is 22.9 Å². The summed E-state index contributed by atoms with van der Waals surface area (Å²) in [5, 5.41) is 18.5. The zero-order chi connectivity index (χ0) is 17.1. The van der Waals surface area contributed by atoms with E-state index in [2.05, 4.69) is 10.3 Å². The summed E-state index contributed by atoms with van der Waals surface area (Å²) in [5.74, 6) is 0.521. The van der Waals surface area contributed by atoms with Crippen molar-refractivity contribution < 1.29 is 14.5 Å². The van der Waals surface area contributed by atoms with Gasteiger partial charge in [0.05, 0.1) is 6.04 Å². The molecule has 8 heteroatoms. The van der Waals surface area contributed by atoms with Gasteiger partial charge in [0.2, 0.25) is 0 Å². The monoisotopic (exact) mass is 328 g/mol. The van der Waals surface area contributed by atoms with Crippen molar-refractivity contribution in [3.63, 3.8) is 0 Å². The minimum atomic E-state index is -0.971. The molecule has 0 fully saturated rings. The van der Waals surface area contributed by atoms with Crippen molar-refractivity contribution in [2.75, 3.05) is 5.73 Å². The van der Waals surface area contributed by atoms with Gasteiger partial charge in [-0.1, -0.05) is 0 Å². The number of nitrogen functional groups attached to an aromatic ring is 1. The SMILES string of the molecule is CC1(C)Oc2cc3nonc3cc2C(n2cc(N)ccc2=O)C1O. The van der Waals surface area contributed by atoms with Crippen LogP contribution in [0.4, 0.5) is 5.69 Å². The summed E-state index contributed by atoms with van der Waals surface area (Å²) in [6, 6.07) is 5.64. The van der Waals surface area contributed by atoms with Gasteiger partial charge in [-0.05, 0) is 36.3 Å². The second-order valence-electron chi connectivity index (χ2n) is 6.45. The molecule has 2 atom stereocenters. The fourth-order valence-corrected chi connectivity index (χ4v) is 3.08. The second-order valence-corrected chi connectivity index (χ2v) is 6.45. The first-order valence-electron chi connectivity index (χ1n) is 7.48. The minimum Gasteiger partial charge on any atom is -0.485 e. The molecular formula is C16H16N4O4. The first-order valence-corrected chi connectivity index (χ1v) is 7.48. The van der Waals surface area contributed by atoms with Crippen molar-refractivity contribution in [2.24, 2.45) is 0 Å². The number of anilines is 1. The quantitative estimate of drug-likeness (QED) is 0.686. The highest BCUT2D eigenvalue weighted by atomic mass is 16.6. The lowest BCUT2D eigenvalue weighted by atomic mass is 9.86. The summed E-state index contributed by atoms with van der Waals surface area (Å²) in [4.78, 5) is 12.4. The Morgan fingerprint density at radius 1 is 1.25 bits per heavy atom. The van der Waals surface area contributed by atoms with Crippen molar-refractivity contribution in [3.05, 3.63) is 46.4 Å². The smallest absolute Gasteiger partial charge is 0.251 e. The third-order valence-electron chi connectivity index (χ3n) is 4.35. The zero-order valence-corrected chi connectivity index (χ0v) is 13.1. The van der Waals surface area contributed by atoms with E-state index < -0.39 is 17.7 Å². The van der Waals surface area contributed by atoms with E-state index in [1.54, 1.807) is 26.0 Å². The number of hydrogen-bond acceptors (Lipinski definition) is 7. The molecule has 2 unspecified atom stereocenters. The van der Waals surface area contributed by atoms with Crippen LogP contribution in [0.3, 0.4) is 0 Å². The molecule has 4 rings (SSSR count). The standard InChI is InChI=1S/C16H16N4O4/c1-16(2)15(22)14(20-7-8(17)3-4-13(20)21)9-5-10-11(19-24-18-10)6-12(9)23-16/h3-7,14-15,22H,17H2,1-2H3. The maximum Gasteiger partial charge on any atom is 0.251 e. The average Bonchev–Trinajstić information content (AvgIpc) is 2.96. The highest BCUT2D eigenvalue weighted by Gasteiger charge is 2.44. The number of hydrogen-bond donors (Lipinski definition) is 2. The summed E-state index contributed by atoms with van der Waals surface area (Å²) < 4.78 is 12.1. The molecule has 0 saturated heterocycles. The molecular weight excluding hydrogens is 312 g/mol. The Balaban J connectivity index is 2.01. The topological polar surface area (TPSA) is 116 Å². The lowest BCUT2D eigenvalue weighted by Crippen LogP contribution is -2.52. The number of pyridine rings is 1. The van der Waals surface area contributed by atoms with Gasteiger partial charge in [0.15, 0.2) is 0 Å². The first-order chi connectivity index (χ1) is 11.4. The Hall–Kier alpha value is -2.87. The second kappa shape index (κ2) is 4.81. The molecule has 3 aromatic rings. The van der Waals surface area contributed by atoms with Crippen LogP contribution in [0.1, 0.15) is 25.5 Å². The number of rotatable bonds is 1. The van der Waals surface area contributed by atoms with Crippen LogP contribution in [-0.4, -0.2) is 31.7 Å². The summed E-state index contributed by atoms with van der Waals surface area (Å²) in [6.07, 6.45) is 0.550. The Labute approximate surface area is 136 Å². The van der Waals surface area contributed by atoms with Crippen molar-refractivity contribution in [3.8, 4) is 5.75 Å². The summed E-state index contributed by atoms with van der Waals surface area (Å²) in [7, 11) is 0. The van der Waals surface area contributed by atoms with Crippen molar-refractivity contribution in [1.82, 2.24) is 14.9 Å². The molecule has 8 nitrogen and oxygen atoms in total. The van der Waals surface area contributed by atoms with Gasteiger partial charge in [-0.2, -0.15) is 0 Å². The van der Waals surface area contributed by atoms with E-state index in [0.29, 0.717) is 28.0 Å². The van der Waals surface area contributed by atoms with Crippen LogP contribution < -0.4 is 16.0 Å². The third kappa shape index (κ3) is 2.07. The molecule has 124 valence electrons. The predicted molar refractivity (Wildman–Crippen MR) is 85.8 cm³/mol. The van der Waals surface area contributed by atoms with Gasteiger partial charge in [0.1, 0.15) is 28.5 Å². The van der Waals surface area contributed by atoms with Crippen LogP contribution in [0, 0.1) is 0 Å². The van der Waals surface area contributed by atoms with Crippen LogP contribution >= 0.6 is 0 Å². The summed E-state index contributed by atoms with van der Waals surface area (Å²) in [5.41, 5.74) is 6.76. The van der Waals surface area contributed by atoms with Gasteiger partial charge >= 0.3 is 0 Å². The lowest BCUT2D eigenvalue weighted by molar-refractivity contribution is -0.0641. The number of ether oxygens (including phenoxy) is 1. The molecule has 0 aliphatic carbocycles. The molecule has 3 N–H and O–H groups in total. The van der Waals surface area contributed by atoms with Gasteiger partial charge in [-0.15, -0.1) is 0 Å². The predicted octanol–water partition coefficient (Wildman–Crippen LogP) is 1.09. The molecule has 0 radical (unpaired) electrons. The van der Waals surface area contributed by atoms with E-state index in [9.17, 15) is 9.90 Å². The minimum absolute atomic E-state index is 0.268. The molecule has 0 amide bonds. The maximum atomic E-state index is 12.4. The van der Waals surface area contributed by atoms with Gasteiger partial charge in [0, 0.05) is 29.6 Å². The molecule has 0 spiro atoms. The van der Waals surface area contributed by atoms with Crippen LogP contribution in [-0.2, 0) is 0 Å². The Kier molecular flexibility index (Phi) is 2.95. The number of aliphatic hydroxyl groups is 1. The molecule has 0 saturated carbocycles. The fraction of sp³-hybridized carbons (Fsp3) is 0.312. The number of aliphatic hydroxyl groups excluding tert-OH is 1. The normalized spacial score (nSPS) is 22.1. The van der Waals surface area contributed by atoms with E-state index in [4.69, 9.17) is 15.1 Å². The maximum absolute atomic E-state index is 12.4. The molecule has 0 bridgehead atoms. The lowest BCUT2D eigenvalue weighted by Gasteiger charge is -2.42. The molecule has 24 heavy (non-hydrogen) atoms. The Morgan fingerprint density at radius 3 is 2.71 bits per heavy atom. The Bertz CT molecular complexity index is 991. The van der Waals surface area contributed by atoms with Gasteiger partial charge in [0.25, 0.3) is 5.56 Å². The molecule has 1 aliphatic rings. The highest BCUT2D eigenvalue weighted by molar-refractivity contribution is 5.77. The number of aromatic nitrogens is 3. The highest BCUT2D eigenvalue weighted by Crippen LogP contribution is 2.42. The number of fused-ring (bicyclic) bond motifs is 2. The summed E-state index contributed by atoms with van der Waals surface area (Å²) in [6.45, 7) is 3.52. The van der Waals surface area contributed by atoms with E-state index in [1.807, 2.05) is 0 Å². The molecule has 3 heterocycles. The van der Waals surface area contributed by atoms with E-state index in [-0.39, 0.29) is 5.56 Å². The Morgan fingerprint density at radius 2 is 1.96 bits per heavy atom. The van der Waals surface area contributed by atoms with E-state index >= 15 is 0 Å². The van der Waals surface area contributed by atoms with Crippen LogP contribution in [0.5, 0.6) is 5.75 Å². The van der Waals surface area contributed by atoms with Crippen molar-refractivity contribution in [2.45, 2.75) is 31.6 Å². The number of nitrogens with two attached hydrogens (primary N) is 1. The van der Waals surface area contributed by atoms with Gasteiger partial charge in [-0.3, -0.25) is 4.79 Å². The molecule has 1 aromatic carbocycles. The zero-order valence-electron chi connectivity index (χ0n) is 13.1. The molecule has 2 aromatic heterocycles. The number of benzene rings is 1. The van der Waals surface area contributed by atoms with Crippen molar-refractivity contribution >= 4 is 16.7 Å². The number of nitrogens with zero attached hydrogens (tertiary/aromatic N) is 3. The molecule has 1 aliphatic heterocycles. The van der Waals surface area contributed by atoms with Crippen LogP contribution in [0.25, 0.3) is 11.0 Å². The van der Waals surface area contributed by atoms with Crippen LogP contribution in [0.15, 0.2) is 39.9 Å². The summed E-state index contributed by atoms with van der Waals surface area (Å²) >= 11 is 0. The van der Waals surface area contributed by atoms with Crippen LogP contribution in [0.2, 0.25) is 0 Å². The average molecular weight is 328 g/mol. The first kappa shape index (κ1) is 14.7. The fourth-order valence-electron chi connectivity index (χ4n) is 3.08. The van der Waals surface area contributed by atoms with Gasteiger partial charge < -0.3 is 20.1 Å². The van der Waals surface area contributed by atoms with E-state index in [0.717, 1.165) is 0 Å². The third-order valence-corrected chi connectivity index (χ3v) is 4.35.